The molecule has 0 amide bonds. The van der Waals surface area contributed by atoms with Crippen molar-refractivity contribution in [3.63, 3.8) is 0 Å². The van der Waals surface area contributed by atoms with E-state index in [1.54, 1.807) is 12.2 Å². The zero-order chi connectivity index (χ0) is 17.6. The Bertz CT molecular complexity index is 1140. The van der Waals surface area contributed by atoms with Crippen LogP contribution in [0.4, 0.5) is 0 Å². The topological polar surface area (TPSA) is 0 Å². The fourth-order valence-electron chi connectivity index (χ4n) is 2.87. The molecule has 0 aliphatic heterocycles. The molecule has 0 spiro atoms. The first-order chi connectivity index (χ1) is 12.9. The predicted molar refractivity (Wildman–Crippen MR) is 111 cm³/mol. The largest absolute Gasteiger partial charge is 0.0689 e. The monoisotopic (exact) mass is 328 g/mol. The lowest BCUT2D eigenvalue weighted by Gasteiger charge is -1.96. The van der Waals surface area contributed by atoms with E-state index in [1.165, 1.54) is 21.5 Å². The number of allylic oxidation sites excluding steroid dienone is 2. The van der Waals surface area contributed by atoms with Crippen LogP contribution in [0.2, 0.25) is 0 Å². The smallest absolute Gasteiger partial charge is 0.0255 e. The maximum absolute atomic E-state index is 3.16. The maximum Gasteiger partial charge on any atom is 0.0255 e. The van der Waals surface area contributed by atoms with E-state index in [2.05, 4.69) is 72.2 Å². The lowest BCUT2D eigenvalue weighted by molar-refractivity contribution is 1.69. The third-order valence-electron chi connectivity index (χ3n) is 4.18. The Balaban J connectivity index is 1.47. The second kappa shape index (κ2) is 7.43. The number of rotatable bonds is 0. The van der Waals surface area contributed by atoms with Gasteiger partial charge in [0.2, 0.25) is 0 Å². The number of hydrogen-bond acceptors (Lipinski definition) is 0. The van der Waals surface area contributed by atoms with Crippen molar-refractivity contribution >= 4 is 21.5 Å². The molecule has 0 unspecified atom stereocenters. The third kappa shape index (κ3) is 3.67. The highest BCUT2D eigenvalue weighted by atomic mass is 14.0. The molecule has 0 atom stereocenters. The van der Waals surface area contributed by atoms with Crippen LogP contribution in [-0.4, -0.2) is 0 Å². The van der Waals surface area contributed by atoms with Crippen molar-refractivity contribution in [1.82, 2.24) is 0 Å². The fourth-order valence-corrected chi connectivity index (χ4v) is 2.87. The lowest BCUT2D eigenvalue weighted by Crippen LogP contribution is -1.76. The standard InChI is InChI=1S/C26H16/c1(3-9-21-15-17-23-11-5-7-13-25(23)19-21)2-4-10-22-16-18-24-12-6-8-14-26(24)20-22/h1-2,5-8,11-20H. The Morgan fingerprint density at radius 3 is 1.35 bits per heavy atom. The van der Waals surface area contributed by atoms with Crippen molar-refractivity contribution in [3.8, 4) is 23.7 Å². The van der Waals surface area contributed by atoms with Gasteiger partial charge in [0, 0.05) is 11.1 Å². The molecule has 0 aliphatic rings. The normalized spacial score (nSPS) is 10.3. The zero-order valence-electron chi connectivity index (χ0n) is 14.2. The summed E-state index contributed by atoms with van der Waals surface area (Å²) in [5.41, 5.74) is 2.02. The molecule has 0 aromatic heterocycles. The minimum absolute atomic E-state index is 1.01. The molecule has 0 saturated carbocycles. The van der Waals surface area contributed by atoms with Gasteiger partial charge in [-0.2, -0.15) is 0 Å². The Morgan fingerprint density at radius 1 is 0.462 bits per heavy atom. The van der Waals surface area contributed by atoms with Gasteiger partial charge in [0.15, 0.2) is 0 Å². The SMILES string of the molecule is C(#Cc1ccc2ccccc2c1)C=CC#Cc1ccc2ccccc2c1. The molecule has 4 aromatic carbocycles. The molecule has 4 rings (SSSR count). The van der Waals surface area contributed by atoms with Crippen LogP contribution in [0.1, 0.15) is 11.1 Å². The van der Waals surface area contributed by atoms with Crippen LogP contribution in [0.3, 0.4) is 0 Å². The fraction of sp³-hybridized carbons (Fsp3) is 0. The van der Waals surface area contributed by atoms with E-state index in [4.69, 9.17) is 0 Å². The van der Waals surface area contributed by atoms with Gasteiger partial charge in [-0.05, 0) is 58.0 Å². The van der Waals surface area contributed by atoms with Gasteiger partial charge in [-0.1, -0.05) is 84.3 Å². The molecule has 0 radical (unpaired) electrons. The highest BCUT2D eigenvalue weighted by molar-refractivity contribution is 5.84. The van der Waals surface area contributed by atoms with Crippen molar-refractivity contribution in [2.45, 2.75) is 0 Å². The molecule has 0 N–H and O–H groups in total. The summed E-state index contributed by atoms with van der Waals surface area (Å²) < 4.78 is 0. The van der Waals surface area contributed by atoms with E-state index in [0.29, 0.717) is 0 Å². The van der Waals surface area contributed by atoms with Gasteiger partial charge in [-0.25, -0.2) is 0 Å². The van der Waals surface area contributed by atoms with Crippen molar-refractivity contribution in [2.75, 3.05) is 0 Å². The summed E-state index contributed by atoms with van der Waals surface area (Å²) in [6, 6.07) is 29.1. The Kier molecular flexibility index (Phi) is 4.51. The second-order valence-corrected chi connectivity index (χ2v) is 6.00. The Hall–Kier alpha value is -3.74. The molecule has 0 bridgehead atoms. The van der Waals surface area contributed by atoms with Gasteiger partial charge >= 0.3 is 0 Å². The van der Waals surface area contributed by atoms with Gasteiger partial charge in [0.05, 0.1) is 0 Å². The van der Waals surface area contributed by atoms with Crippen LogP contribution >= 0.6 is 0 Å². The van der Waals surface area contributed by atoms with Crippen LogP contribution in [0.25, 0.3) is 21.5 Å². The van der Waals surface area contributed by atoms with Crippen molar-refractivity contribution in [3.05, 3.63) is 108 Å². The molecular formula is C26H16. The lowest BCUT2D eigenvalue weighted by atomic mass is 10.1. The molecular weight excluding hydrogens is 312 g/mol. The summed E-state index contributed by atoms with van der Waals surface area (Å²) in [7, 11) is 0. The number of fused-ring (bicyclic) bond motifs is 2. The quantitative estimate of drug-likeness (QED) is 0.350. The molecule has 4 aromatic rings. The van der Waals surface area contributed by atoms with E-state index >= 15 is 0 Å². The van der Waals surface area contributed by atoms with E-state index < -0.39 is 0 Å². The van der Waals surface area contributed by atoms with Crippen LogP contribution in [0, 0.1) is 23.7 Å². The minimum Gasteiger partial charge on any atom is -0.0689 e. The second-order valence-electron chi connectivity index (χ2n) is 6.00. The van der Waals surface area contributed by atoms with Crippen molar-refractivity contribution in [1.29, 1.82) is 0 Å². The van der Waals surface area contributed by atoms with Gasteiger partial charge in [-0.3, -0.25) is 0 Å². The molecule has 120 valence electrons. The zero-order valence-corrected chi connectivity index (χ0v) is 14.2. The summed E-state index contributed by atoms with van der Waals surface area (Å²) in [6.07, 6.45) is 3.59. The number of hydrogen-bond donors (Lipinski definition) is 0. The minimum atomic E-state index is 1.01. The van der Waals surface area contributed by atoms with E-state index in [1.807, 2.05) is 36.4 Å². The molecule has 0 heteroatoms. The number of benzene rings is 4. The van der Waals surface area contributed by atoms with Crippen LogP contribution in [0.5, 0.6) is 0 Å². The first-order valence-electron chi connectivity index (χ1n) is 8.54. The molecule has 26 heavy (non-hydrogen) atoms. The maximum atomic E-state index is 3.16. The van der Waals surface area contributed by atoms with Gasteiger partial charge in [0.1, 0.15) is 0 Å². The molecule has 0 nitrogen and oxygen atoms in total. The molecule has 0 heterocycles. The summed E-state index contributed by atoms with van der Waals surface area (Å²) in [5.74, 6) is 12.4. The molecule has 0 saturated heterocycles. The molecule has 0 aliphatic carbocycles. The summed E-state index contributed by atoms with van der Waals surface area (Å²) in [6.45, 7) is 0. The van der Waals surface area contributed by atoms with Crippen molar-refractivity contribution < 1.29 is 0 Å². The van der Waals surface area contributed by atoms with E-state index in [9.17, 15) is 0 Å². The average Bonchev–Trinajstić information content (AvgIpc) is 2.70. The molecule has 0 fully saturated rings. The van der Waals surface area contributed by atoms with Crippen LogP contribution in [-0.2, 0) is 0 Å². The van der Waals surface area contributed by atoms with Gasteiger partial charge in [-0.15, -0.1) is 0 Å². The third-order valence-corrected chi connectivity index (χ3v) is 4.18. The average molecular weight is 328 g/mol. The van der Waals surface area contributed by atoms with Crippen molar-refractivity contribution in [2.24, 2.45) is 0 Å². The summed E-state index contributed by atoms with van der Waals surface area (Å²) in [5, 5.41) is 4.88. The van der Waals surface area contributed by atoms with Crippen LogP contribution < -0.4 is 0 Å². The summed E-state index contributed by atoms with van der Waals surface area (Å²) in [4.78, 5) is 0. The van der Waals surface area contributed by atoms with Gasteiger partial charge < -0.3 is 0 Å². The Morgan fingerprint density at radius 2 is 0.885 bits per heavy atom. The van der Waals surface area contributed by atoms with E-state index in [-0.39, 0.29) is 0 Å². The van der Waals surface area contributed by atoms with Crippen LogP contribution in [0.15, 0.2) is 97.1 Å². The highest BCUT2D eigenvalue weighted by Crippen LogP contribution is 2.15. The summed E-state index contributed by atoms with van der Waals surface area (Å²) >= 11 is 0. The highest BCUT2D eigenvalue weighted by Gasteiger charge is 1.93. The predicted octanol–water partition coefficient (Wildman–Crippen LogP) is 5.95. The van der Waals surface area contributed by atoms with Gasteiger partial charge in [0.25, 0.3) is 0 Å². The Labute approximate surface area is 153 Å². The first-order valence-corrected chi connectivity index (χ1v) is 8.54. The van der Waals surface area contributed by atoms with E-state index in [0.717, 1.165) is 11.1 Å². The first kappa shape index (κ1) is 15.8.